The molecule has 0 bridgehead atoms. The van der Waals surface area contributed by atoms with Gasteiger partial charge in [0.2, 0.25) is 0 Å². The summed E-state index contributed by atoms with van der Waals surface area (Å²) in [4.78, 5) is 2.55. The van der Waals surface area contributed by atoms with Gasteiger partial charge >= 0.3 is 0 Å². The smallest absolute Gasteiger partial charge is 0.133 e. The van der Waals surface area contributed by atoms with Crippen molar-refractivity contribution in [1.82, 2.24) is 4.90 Å². The Bertz CT molecular complexity index is 399. The molecule has 1 aromatic rings. The molecule has 18 heavy (non-hydrogen) atoms. The molecule has 0 aromatic heterocycles. The van der Waals surface area contributed by atoms with Crippen LogP contribution in [0.15, 0.2) is 22.7 Å². The number of thioether (sulfide) groups is 1. The molecule has 1 aliphatic rings. The van der Waals surface area contributed by atoms with E-state index in [2.05, 4.69) is 51.6 Å². The van der Waals surface area contributed by atoms with E-state index in [9.17, 15) is 0 Å². The summed E-state index contributed by atoms with van der Waals surface area (Å²) in [5, 5.41) is 0.806. The SMILES string of the molecule is CCC1CN(Cc2ccc(OC)c(Br)c2)CCS1. The molecule has 0 aliphatic carbocycles. The number of methoxy groups -OCH3 is 1. The summed E-state index contributed by atoms with van der Waals surface area (Å²) in [6, 6.07) is 6.36. The quantitative estimate of drug-likeness (QED) is 0.833. The van der Waals surface area contributed by atoms with Gasteiger partial charge in [-0.1, -0.05) is 13.0 Å². The minimum Gasteiger partial charge on any atom is -0.496 e. The molecule has 2 rings (SSSR count). The van der Waals surface area contributed by atoms with Gasteiger partial charge in [0.15, 0.2) is 0 Å². The summed E-state index contributed by atoms with van der Waals surface area (Å²) in [7, 11) is 1.70. The van der Waals surface area contributed by atoms with Gasteiger partial charge in [0.05, 0.1) is 11.6 Å². The lowest BCUT2D eigenvalue weighted by Gasteiger charge is -2.31. The summed E-state index contributed by atoms with van der Waals surface area (Å²) < 4.78 is 6.30. The van der Waals surface area contributed by atoms with Gasteiger partial charge in [-0.2, -0.15) is 11.8 Å². The Morgan fingerprint density at radius 1 is 1.50 bits per heavy atom. The lowest BCUT2D eigenvalue weighted by atomic mass is 10.2. The molecule has 1 fully saturated rings. The number of benzene rings is 1. The third-order valence-electron chi connectivity index (χ3n) is 3.30. The monoisotopic (exact) mass is 329 g/mol. The van der Waals surface area contributed by atoms with E-state index in [4.69, 9.17) is 4.74 Å². The Balaban J connectivity index is 1.98. The van der Waals surface area contributed by atoms with Crippen molar-refractivity contribution in [2.75, 3.05) is 26.0 Å². The fourth-order valence-corrected chi connectivity index (χ4v) is 4.07. The molecule has 1 aliphatic heterocycles. The Labute approximate surface area is 122 Å². The molecule has 2 nitrogen and oxygen atoms in total. The zero-order chi connectivity index (χ0) is 13.0. The minimum absolute atomic E-state index is 0.806. The standard InChI is InChI=1S/C14H20BrNOS/c1-3-12-10-16(6-7-18-12)9-11-4-5-14(17-2)13(15)8-11/h4-5,8,12H,3,6-7,9-10H2,1-2H3. The van der Waals surface area contributed by atoms with Crippen molar-refractivity contribution < 1.29 is 4.74 Å². The van der Waals surface area contributed by atoms with E-state index < -0.39 is 0 Å². The van der Waals surface area contributed by atoms with Gasteiger partial charge in [0, 0.05) is 30.6 Å². The molecular formula is C14H20BrNOS. The molecule has 1 heterocycles. The van der Waals surface area contributed by atoms with E-state index in [0.29, 0.717) is 0 Å². The molecule has 1 atom stereocenters. The lowest BCUT2D eigenvalue weighted by Crippen LogP contribution is -2.36. The van der Waals surface area contributed by atoms with Crippen LogP contribution in [0.4, 0.5) is 0 Å². The van der Waals surface area contributed by atoms with Crippen LogP contribution in [0.1, 0.15) is 18.9 Å². The maximum absolute atomic E-state index is 5.26. The Morgan fingerprint density at radius 2 is 2.33 bits per heavy atom. The fraction of sp³-hybridized carbons (Fsp3) is 0.571. The van der Waals surface area contributed by atoms with Crippen LogP contribution in [-0.4, -0.2) is 36.1 Å². The Hall–Kier alpha value is -0.190. The van der Waals surface area contributed by atoms with Crippen LogP contribution < -0.4 is 4.74 Å². The number of rotatable bonds is 4. The van der Waals surface area contributed by atoms with Crippen molar-refractivity contribution in [3.63, 3.8) is 0 Å². The molecule has 4 heteroatoms. The van der Waals surface area contributed by atoms with Gasteiger partial charge < -0.3 is 4.74 Å². The van der Waals surface area contributed by atoms with E-state index in [-0.39, 0.29) is 0 Å². The molecule has 0 N–H and O–H groups in total. The van der Waals surface area contributed by atoms with Crippen molar-refractivity contribution in [3.8, 4) is 5.75 Å². The van der Waals surface area contributed by atoms with Crippen molar-refractivity contribution in [1.29, 1.82) is 0 Å². The van der Waals surface area contributed by atoms with Crippen LogP contribution in [0.2, 0.25) is 0 Å². The number of halogens is 1. The number of hydrogen-bond donors (Lipinski definition) is 0. The van der Waals surface area contributed by atoms with Crippen LogP contribution in [-0.2, 0) is 6.54 Å². The van der Waals surface area contributed by atoms with Gasteiger partial charge in [-0.15, -0.1) is 0 Å². The van der Waals surface area contributed by atoms with E-state index in [0.717, 1.165) is 22.0 Å². The number of hydrogen-bond acceptors (Lipinski definition) is 3. The van der Waals surface area contributed by atoms with Crippen molar-refractivity contribution in [3.05, 3.63) is 28.2 Å². The van der Waals surface area contributed by atoms with Crippen LogP contribution in [0.3, 0.4) is 0 Å². The highest BCUT2D eigenvalue weighted by molar-refractivity contribution is 9.10. The predicted octanol–water partition coefficient (Wildman–Crippen LogP) is 3.79. The largest absolute Gasteiger partial charge is 0.496 e. The second-order valence-electron chi connectivity index (χ2n) is 4.61. The summed E-state index contributed by atoms with van der Waals surface area (Å²) in [6.45, 7) is 5.74. The minimum atomic E-state index is 0.806. The zero-order valence-electron chi connectivity index (χ0n) is 11.0. The van der Waals surface area contributed by atoms with E-state index in [1.54, 1.807) is 7.11 Å². The average molecular weight is 330 g/mol. The highest BCUT2D eigenvalue weighted by Crippen LogP contribution is 2.27. The third kappa shape index (κ3) is 3.65. The van der Waals surface area contributed by atoms with Crippen LogP contribution in [0.25, 0.3) is 0 Å². The van der Waals surface area contributed by atoms with Crippen LogP contribution in [0, 0.1) is 0 Å². The van der Waals surface area contributed by atoms with Crippen molar-refractivity contribution >= 4 is 27.7 Å². The van der Waals surface area contributed by atoms with Gasteiger partial charge in [-0.25, -0.2) is 0 Å². The maximum Gasteiger partial charge on any atom is 0.133 e. The second-order valence-corrected chi connectivity index (χ2v) is 6.87. The summed E-state index contributed by atoms with van der Waals surface area (Å²) in [5.74, 6) is 2.16. The lowest BCUT2D eigenvalue weighted by molar-refractivity contribution is 0.273. The number of nitrogens with zero attached hydrogens (tertiary/aromatic N) is 1. The second kappa shape index (κ2) is 6.83. The molecule has 1 aromatic carbocycles. The fourth-order valence-electron chi connectivity index (χ4n) is 2.24. The van der Waals surface area contributed by atoms with Crippen molar-refractivity contribution in [2.45, 2.75) is 25.1 Å². The molecular weight excluding hydrogens is 310 g/mol. The van der Waals surface area contributed by atoms with E-state index >= 15 is 0 Å². The van der Waals surface area contributed by atoms with E-state index in [1.165, 1.54) is 30.8 Å². The highest BCUT2D eigenvalue weighted by atomic mass is 79.9. The van der Waals surface area contributed by atoms with Crippen LogP contribution in [0.5, 0.6) is 5.75 Å². The molecule has 0 spiro atoms. The molecule has 0 amide bonds. The molecule has 0 saturated carbocycles. The first-order valence-corrected chi connectivity index (χ1v) is 8.23. The van der Waals surface area contributed by atoms with E-state index in [1.807, 2.05) is 6.07 Å². The predicted molar refractivity (Wildman–Crippen MR) is 82.5 cm³/mol. The Morgan fingerprint density at radius 3 is 3.00 bits per heavy atom. The van der Waals surface area contributed by atoms with Crippen LogP contribution >= 0.6 is 27.7 Å². The first-order valence-electron chi connectivity index (χ1n) is 6.39. The highest BCUT2D eigenvalue weighted by Gasteiger charge is 2.18. The first-order chi connectivity index (χ1) is 8.72. The summed E-state index contributed by atoms with van der Waals surface area (Å²) >= 11 is 5.67. The van der Waals surface area contributed by atoms with Gasteiger partial charge in [-0.3, -0.25) is 4.90 Å². The van der Waals surface area contributed by atoms with Crippen molar-refractivity contribution in [2.24, 2.45) is 0 Å². The average Bonchev–Trinajstić information content (AvgIpc) is 2.39. The Kier molecular flexibility index (Phi) is 5.39. The molecule has 0 radical (unpaired) electrons. The third-order valence-corrected chi connectivity index (χ3v) is 5.29. The van der Waals surface area contributed by atoms with Gasteiger partial charge in [-0.05, 0) is 40.0 Å². The summed E-state index contributed by atoms with van der Waals surface area (Å²) in [6.07, 6.45) is 1.27. The maximum atomic E-state index is 5.26. The molecule has 1 unspecified atom stereocenters. The molecule has 100 valence electrons. The van der Waals surface area contributed by atoms with Gasteiger partial charge in [0.1, 0.15) is 5.75 Å². The summed E-state index contributed by atoms with van der Waals surface area (Å²) in [5.41, 5.74) is 1.35. The topological polar surface area (TPSA) is 12.5 Å². The normalized spacial score (nSPS) is 20.9. The van der Waals surface area contributed by atoms with Gasteiger partial charge in [0.25, 0.3) is 0 Å². The number of ether oxygens (including phenoxy) is 1. The first kappa shape index (κ1) is 14.2. The zero-order valence-corrected chi connectivity index (χ0v) is 13.4. The molecule has 1 saturated heterocycles.